The van der Waals surface area contributed by atoms with Gasteiger partial charge >= 0.3 is 6.18 Å². The number of fused-ring (bicyclic) bond motifs is 1. The zero-order valence-corrected chi connectivity index (χ0v) is 16.7. The topological polar surface area (TPSA) is 24.1 Å². The molecule has 0 amide bonds. The molecule has 0 radical (unpaired) electrons. The molecule has 2 N–H and O–H groups in total. The van der Waals surface area contributed by atoms with Gasteiger partial charge in [-0.25, -0.2) is 0 Å². The Morgan fingerprint density at radius 2 is 1.63 bits per heavy atom. The van der Waals surface area contributed by atoms with E-state index in [1.165, 1.54) is 17.5 Å². The summed E-state index contributed by atoms with van der Waals surface area (Å²) < 4.78 is 38.9. The summed E-state index contributed by atoms with van der Waals surface area (Å²) in [5.41, 5.74) is 1.86. The molecular weight excluding hydrogens is 385 g/mol. The molecule has 0 spiro atoms. The maximum absolute atomic E-state index is 13.0. The van der Waals surface area contributed by atoms with E-state index in [-0.39, 0.29) is 12.1 Å². The van der Waals surface area contributed by atoms with Gasteiger partial charge in [0.2, 0.25) is 0 Å². The number of anilines is 1. The van der Waals surface area contributed by atoms with Crippen molar-refractivity contribution < 1.29 is 13.2 Å². The van der Waals surface area contributed by atoms with Gasteiger partial charge in [0.25, 0.3) is 0 Å². The molecule has 0 aliphatic heterocycles. The van der Waals surface area contributed by atoms with E-state index in [0.29, 0.717) is 5.69 Å². The first kappa shape index (κ1) is 20.3. The Morgan fingerprint density at radius 3 is 2.47 bits per heavy atom. The van der Waals surface area contributed by atoms with Crippen molar-refractivity contribution in [2.75, 3.05) is 5.32 Å². The zero-order valence-electron chi connectivity index (χ0n) is 16.7. The third-order valence-electron chi connectivity index (χ3n) is 5.73. The second kappa shape index (κ2) is 8.42. The Kier molecular flexibility index (Phi) is 5.71. The summed E-state index contributed by atoms with van der Waals surface area (Å²) in [6, 6.07) is 20.2. The molecule has 4 rings (SSSR count). The molecule has 30 heavy (non-hydrogen) atoms. The Hall–Kier alpha value is -2.95. The maximum Gasteiger partial charge on any atom is 0.416 e. The average molecular weight is 410 g/mol. The summed E-state index contributed by atoms with van der Waals surface area (Å²) in [6.45, 7) is 4.26. The van der Waals surface area contributed by atoms with Crippen molar-refractivity contribution in [2.45, 2.75) is 43.9 Å². The molecule has 0 aromatic heterocycles. The monoisotopic (exact) mass is 410 g/mol. The van der Waals surface area contributed by atoms with Crippen LogP contribution in [0.25, 0.3) is 16.5 Å². The lowest BCUT2D eigenvalue weighted by Gasteiger charge is -2.32. The minimum Gasteiger partial charge on any atom is -0.382 e. The third kappa shape index (κ3) is 4.61. The first-order chi connectivity index (χ1) is 14.4. The molecular formula is C25H25F3N2. The highest BCUT2D eigenvalue weighted by Gasteiger charge is 2.30. The van der Waals surface area contributed by atoms with Gasteiger partial charge in [0.15, 0.2) is 0 Å². The van der Waals surface area contributed by atoms with Crippen LogP contribution < -0.4 is 10.6 Å². The summed E-state index contributed by atoms with van der Waals surface area (Å²) in [5.74, 6) is 0. The van der Waals surface area contributed by atoms with Crippen LogP contribution in [-0.4, -0.2) is 12.1 Å². The van der Waals surface area contributed by atoms with Gasteiger partial charge in [0.05, 0.1) is 5.56 Å². The summed E-state index contributed by atoms with van der Waals surface area (Å²) in [5, 5.41) is 9.19. The second-order valence-electron chi connectivity index (χ2n) is 7.93. The molecule has 1 fully saturated rings. The molecule has 2 nitrogen and oxygen atoms in total. The van der Waals surface area contributed by atoms with Crippen LogP contribution in [0.1, 0.15) is 36.8 Å². The fourth-order valence-electron chi connectivity index (χ4n) is 4.29. The first-order valence-corrected chi connectivity index (χ1v) is 10.3. The molecule has 1 aliphatic carbocycles. The third-order valence-corrected chi connectivity index (χ3v) is 5.73. The molecule has 1 saturated carbocycles. The van der Waals surface area contributed by atoms with Crippen LogP contribution in [0.15, 0.2) is 73.3 Å². The predicted octanol–water partition coefficient (Wildman–Crippen LogP) is 6.84. The van der Waals surface area contributed by atoms with E-state index in [9.17, 15) is 13.2 Å². The fourth-order valence-corrected chi connectivity index (χ4v) is 4.29. The Bertz CT molecular complexity index is 1040. The van der Waals surface area contributed by atoms with Gasteiger partial charge in [-0.2, -0.15) is 13.2 Å². The van der Waals surface area contributed by atoms with E-state index >= 15 is 0 Å². The zero-order chi connectivity index (χ0) is 21.1. The van der Waals surface area contributed by atoms with Crippen molar-refractivity contribution >= 4 is 22.2 Å². The molecule has 2 atom stereocenters. The van der Waals surface area contributed by atoms with Crippen LogP contribution in [0.4, 0.5) is 18.9 Å². The Balaban J connectivity index is 1.42. The van der Waals surface area contributed by atoms with Crippen LogP contribution in [0.2, 0.25) is 0 Å². The molecule has 0 saturated heterocycles. The van der Waals surface area contributed by atoms with Crippen molar-refractivity contribution in [1.82, 2.24) is 5.32 Å². The number of hydrogen-bond donors (Lipinski definition) is 2. The van der Waals surface area contributed by atoms with Gasteiger partial charge in [-0.1, -0.05) is 55.1 Å². The Morgan fingerprint density at radius 1 is 0.900 bits per heavy atom. The summed E-state index contributed by atoms with van der Waals surface area (Å²) >= 11 is 0. The number of halogens is 3. The van der Waals surface area contributed by atoms with E-state index in [1.54, 1.807) is 6.07 Å². The van der Waals surface area contributed by atoms with E-state index in [1.807, 2.05) is 18.2 Å². The van der Waals surface area contributed by atoms with Crippen LogP contribution >= 0.6 is 0 Å². The van der Waals surface area contributed by atoms with Gasteiger partial charge in [-0.05, 0) is 54.7 Å². The molecule has 0 bridgehead atoms. The lowest BCUT2D eigenvalue weighted by molar-refractivity contribution is -0.137. The standard InChI is InChI=1S/C25H25F3N2/c1-17(23-14-4-8-18-7-2-3-13-24(18)23)29-21-11-6-12-22(16-21)30-20-10-5-9-19(15-20)25(26,27)28/h2-5,7-10,13-15,21-22,29-30H,1,6,11-12,16H2. The summed E-state index contributed by atoms with van der Waals surface area (Å²) in [6.07, 6.45) is -0.526. The number of alkyl halides is 3. The number of nitrogens with one attached hydrogen (secondary N) is 2. The number of rotatable bonds is 5. The fraction of sp³-hybridized carbons (Fsp3) is 0.280. The van der Waals surface area contributed by atoms with Gasteiger partial charge in [0, 0.05) is 29.0 Å². The maximum atomic E-state index is 13.0. The summed E-state index contributed by atoms with van der Waals surface area (Å²) in [4.78, 5) is 0. The van der Waals surface area contributed by atoms with Crippen molar-refractivity contribution in [1.29, 1.82) is 0 Å². The largest absolute Gasteiger partial charge is 0.416 e. The van der Waals surface area contributed by atoms with Crippen LogP contribution in [0.5, 0.6) is 0 Å². The molecule has 5 heteroatoms. The minimum absolute atomic E-state index is 0.125. The smallest absolute Gasteiger partial charge is 0.382 e. The van der Waals surface area contributed by atoms with Crippen LogP contribution in [-0.2, 0) is 6.18 Å². The lowest BCUT2D eigenvalue weighted by Crippen LogP contribution is -2.38. The average Bonchev–Trinajstić information content (AvgIpc) is 2.73. The molecule has 156 valence electrons. The molecule has 0 heterocycles. The second-order valence-corrected chi connectivity index (χ2v) is 7.93. The van der Waals surface area contributed by atoms with E-state index in [0.717, 1.165) is 48.4 Å². The first-order valence-electron chi connectivity index (χ1n) is 10.3. The highest BCUT2D eigenvalue weighted by molar-refractivity contribution is 5.93. The molecule has 3 aromatic carbocycles. The SMILES string of the molecule is C=C(NC1CCCC(Nc2cccc(C(F)(F)F)c2)C1)c1cccc2ccccc12. The minimum atomic E-state index is -4.33. The van der Waals surface area contributed by atoms with Crippen molar-refractivity contribution in [3.63, 3.8) is 0 Å². The van der Waals surface area contributed by atoms with Crippen molar-refractivity contribution in [3.05, 3.63) is 84.4 Å². The van der Waals surface area contributed by atoms with E-state index < -0.39 is 11.7 Å². The quantitative estimate of drug-likeness (QED) is 0.481. The lowest BCUT2D eigenvalue weighted by atomic mass is 9.90. The van der Waals surface area contributed by atoms with Gasteiger partial charge in [-0.15, -0.1) is 0 Å². The van der Waals surface area contributed by atoms with Crippen molar-refractivity contribution in [3.8, 4) is 0 Å². The summed E-state index contributed by atoms with van der Waals surface area (Å²) in [7, 11) is 0. The van der Waals surface area contributed by atoms with E-state index in [2.05, 4.69) is 41.5 Å². The van der Waals surface area contributed by atoms with E-state index in [4.69, 9.17) is 0 Å². The molecule has 3 aromatic rings. The normalized spacial score (nSPS) is 19.4. The highest BCUT2D eigenvalue weighted by Crippen LogP contribution is 2.32. The number of benzene rings is 3. The van der Waals surface area contributed by atoms with Crippen LogP contribution in [0, 0.1) is 0 Å². The highest BCUT2D eigenvalue weighted by atomic mass is 19.4. The van der Waals surface area contributed by atoms with Crippen molar-refractivity contribution in [2.24, 2.45) is 0 Å². The molecule has 1 aliphatic rings. The molecule has 2 unspecified atom stereocenters. The van der Waals surface area contributed by atoms with Gasteiger partial charge < -0.3 is 10.6 Å². The van der Waals surface area contributed by atoms with Gasteiger partial charge in [-0.3, -0.25) is 0 Å². The van der Waals surface area contributed by atoms with Gasteiger partial charge in [0.1, 0.15) is 0 Å². The Labute approximate surface area is 174 Å². The predicted molar refractivity (Wildman–Crippen MR) is 117 cm³/mol. The van der Waals surface area contributed by atoms with Crippen LogP contribution in [0.3, 0.4) is 0 Å². The number of hydrogen-bond acceptors (Lipinski definition) is 2.